The lowest BCUT2D eigenvalue weighted by atomic mass is 10.1. The van der Waals surface area contributed by atoms with Gasteiger partial charge in [-0.05, 0) is 56.2 Å². The Labute approximate surface area is 173 Å². The summed E-state index contributed by atoms with van der Waals surface area (Å²) in [5.74, 6) is 1.23. The third-order valence-electron chi connectivity index (χ3n) is 5.86. The van der Waals surface area contributed by atoms with Crippen LogP contribution in [-0.4, -0.2) is 38.3 Å². The molecule has 2 aliphatic rings. The molecule has 1 unspecified atom stereocenters. The SMILES string of the molecule is CC(NC(=O)Oc1cnn2ccc(N3CCC[C@@H]3c3cncc(F)c3)nc12)C1CC1. The highest BCUT2D eigenvalue weighted by Crippen LogP contribution is 2.36. The van der Waals surface area contributed by atoms with Crippen LogP contribution in [0.25, 0.3) is 5.65 Å². The van der Waals surface area contributed by atoms with Crippen LogP contribution >= 0.6 is 0 Å². The molecule has 1 amide bonds. The Bertz CT molecular complexity index is 1080. The summed E-state index contributed by atoms with van der Waals surface area (Å²) in [5.41, 5.74) is 1.29. The molecule has 5 rings (SSSR count). The van der Waals surface area contributed by atoms with Crippen molar-refractivity contribution in [1.82, 2.24) is 24.9 Å². The molecule has 0 aromatic carbocycles. The summed E-state index contributed by atoms with van der Waals surface area (Å²) in [6, 6.07) is 3.48. The molecule has 8 nitrogen and oxygen atoms in total. The molecule has 156 valence electrons. The van der Waals surface area contributed by atoms with Crippen LogP contribution in [0.1, 0.15) is 44.2 Å². The normalized spacial score (nSPS) is 19.8. The number of hydrogen-bond acceptors (Lipinski definition) is 6. The Kier molecular flexibility index (Phi) is 4.72. The molecule has 2 fully saturated rings. The maximum Gasteiger partial charge on any atom is 0.413 e. The van der Waals surface area contributed by atoms with Gasteiger partial charge in [-0.15, -0.1) is 0 Å². The van der Waals surface area contributed by atoms with Gasteiger partial charge in [0.1, 0.15) is 11.6 Å². The number of halogens is 1. The molecular formula is C21H23FN6O2. The maximum absolute atomic E-state index is 13.7. The number of hydrogen-bond donors (Lipinski definition) is 1. The number of amides is 1. The molecule has 0 spiro atoms. The Hall–Kier alpha value is -3.23. The maximum atomic E-state index is 13.7. The molecule has 1 saturated carbocycles. The topological polar surface area (TPSA) is 84.6 Å². The second-order valence-electron chi connectivity index (χ2n) is 8.01. The Morgan fingerprint density at radius 3 is 2.97 bits per heavy atom. The van der Waals surface area contributed by atoms with Crippen molar-refractivity contribution >= 4 is 17.6 Å². The van der Waals surface area contributed by atoms with E-state index in [0.29, 0.717) is 17.3 Å². The summed E-state index contributed by atoms with van der Waals surface area (Å²) in [7, 11) is 0. The van der Waals surface area contributed by atoms with Crippen LogP contribution in [-0.2, 0) is 0 Å². The van der Waals surface area contributed by atoms with Crippen LogP contribution in [0.15, 0.2) is 36.9 Å². The minimum atomic E-state index is -0.499. The first-order valence-corrected chi connectivity index (χ1v) is 10.3. The zero-order chi connectivity index (χ0) is 20.7. The van der Waals surface area contributed by atoms with Gasteiger partial charge in [0.05, 0.1) is 18.4 Å². The second-order valence-corrected chi connectivity index (χ2v) is 8.01. The van der Waals surface area contributed by atoms with Crippen molar-refractivity contribution in [2.24, 2.45) is 5.92 Å². The number of carbonyl (C=O) groups is 1. The molecule has 1 N–H and O–H groups in total. The van der Waals surface area contributed by atoms with E-state index in [1.807, 2.05) is 13.0 Å². The summed E-state index contributed by atoms with van der Waals surface area (Å²) in [4.78, 5) is 23.1. The molecule has 9 heteroatoms. The third kappa shape index (κ3) is 3.67. The predicted molar refractivity (Wildman–Crippen MR) is 108 cm³/mol. The van der Waals surface area contributed by atoms with E-state index in [-0.39, 0.29) is 17.9 Å². The van der Waals surface area contributed by atoms with Crippen LogP contribution in [0, 0.1) is 11.7 Å². The number of nitrogens with zero attached hydrogens (tertiary/aromatic N) is 5. The molecule has 3 aromatic heterocycles. The van der Waals surface area contributed by atoms with E-state index in [0.717, 1.165) is 43.6 Å². The minimum absolute atomic E-state index is 0.00173. The molecule has 2 atom stereocenters. The first kappa shape index (κ1) is 18.8. The standard InChI is InChI=1S/C21H23FN6O2/c1-13(14-4-5-14)25-21(29)30-18-12-24-28-8-6-19(26-20(18)28)27-7-2-3-17(27)15-9-16(22)11-23-10-15/h6,8-14,17H,2-5,7H2,1H3,(H,25,29)/t13?,17-/m1/s1. The molecule has 0 bridgehead atoms. The average molecular weight is 410 g/mol. The van der Waals surface area contributed by atoms with Crippen LogP contribution in [0.2, 0.25) is 0 Å². The third-order valence-corrected chi connectivity index (χ3v) is 5.86. The van der Waals surface area contributed by atoms with Gasteiger partial charge in [0.15, 0.2) is 5.75 Å². The van der Waals surface area contributed by atoms with Crippen molar-refractivity contribution in [1.29, 1.82) is 0 Å². The van der Waals surface area contributed by atoms with Crippen LogP contribution in [0.5, 0.6) is 5.75 Å². The summed E-state index contributed by atoms with van der Waals surface area (Å²) < 4.78 is 20.7. The highest BCUT2D eigenvalue weighted by Gasteiger charge is 2.30. The van der Waals surface area contributed by atoms with Gasteiger partial charge >= 0.3 is 6.09 Å². The van der Waals surface area contributed by atoms with Crippen molar-refractivity contribution in [3.05, 3.63) is 48.3 Å². The van der Waals surface area contributed by atoms with Gasteiger partial charge in [-0.2, -0.15) is 5.10 Å². The van der Waals surface area contributed by atoms with Gasteiger partial charge in [0.2, 0.25) is 5.65 Å². The van der Waals surface area contributed by atoms with Crippen molar-refractivity contribution in [2.45, 2.75) is 44.7 Å². The molecule has 1 saturated heterocycles. The Morgan fingerprint density at radius 2 is 2.17 bits per heavy atom. The van der Waals surface area contributed by atoms with Gasteiger partial charge < -0.3 is 15.0 Å². The molecule has 1 aliphatic heterocycles. The van der Waals surface area contributed by atoms with E-state index in [9.17, 15) is 9.18 Å². The number of pyridine rings is 1. The molecular weight excluding hydrogens is 387 g/mol. The van der Waals surface area contributed by atoms with E-state index >= 15 is 0 Å². The number of rotatable bonds is 5. The van der Waals surface area contributed by atoms with Gasteiger partial charge in [0.25, 0.3) is 0 Å². The van der Waals surface area contributed by atoms with Crippen molar-refractivity contribution in [3.8, 4) is 5.75 Å². The largest absolute Gasteiger partial charge is 0.413 e. The lowest BCUT2D eigenvalue weighted by Crippen LogP contribution is -2.36. The van der Waals surface area contributed by atoms with E-state index < -0.39 is 6.09 Å². The average Bonchev–Trinajstić information content (AvgIpc) is 3.35. The number of fused-ring (bicyclic) bond motifs is 1. The molecule has 1 aliphatic carbocycles. The fraction of sp³-hybridized carbons (Fsp3) is 0.429. The monoisotopic (exact) mass is 410 g/mol. The molecule has 3 aromatic rings. The summed E-state index contributed by atoms with van der Waals surface area (Å²) in [6.07, 6.45) is 9.82. The lowest BCUT2D eigenvalue weighted by molar-refractivity contribution is 0.196. The number of ether oxygens (including phenoxy) is 1. The van der Waals surface area contributed by atoms with Crippen LogP contribution in [0.4, 0.5) is 15.0 Å². The molecule has 30 heavy (non-hydrogen) atoms. The fourth-order valence-corrected chi connectivity index (χ4v) is 4.10. The van der Waals surface area contributed by atoms with Gasteiger partial charge in [-0.3, -0.25) is 4.98 Å². The lowest BCUT2D eigenvalue weighted by Gasteiger charge is -2.26. The number of nitrogens with one attached hydrogen (secondary N) is 1. The zero-order valence-corrected chi connectivity index (χ0v) is 16.7. The summed E-state index contributed by atoms with van der Waals surface area (Å²) in [6.45, 7) is 2.79. The highest BCUT2D eigenvalue weighted by molar-refractivity contribution is 5.73. The van der Waals surface area contributed by atoms with Gasteiger partial charge in [-0.25, -0.2) is 18.7 Å². The van der Waals surface area contributed by atoms with Crippen molar-refractivity contribution < 1.29 is 13.9 Å². The highest BCUT2D eigenvalue weighted by atomic mass is 19.1. The first-order chi connectivity index (χ1) is 14.6. The van der Waals surface area contributed by atoms with E-state index in [1.165, 1.54) is 18.5 Å². The predicted octanol–water partition coefficient (Wildman–Crippen LogP) is 3.49. The minimum Gasteiger partial charge on any atom is -0.405 e. The Balaban J connectivity index is 1.38. The fourth-order valence-electron chi connectivity index (χ4n) is 4.10. The van der Waals surface area contributed by atoms with Crippen LogP contribution < -0.4 is 15.0 Å². The summed E-state index contributed by atoms with van der Waals surface area (Å²) >= 11 is 0. The smallest absolute Gasteiger partial charge is 0.405 e. The molecule has 4 heterocycles. The number of aromatic nitrogens is 4. The van der Waals surface area contributed by atoms with Gasteiger partial charge in [-0.1, -0.05) is 0 Å². The number of carbonyl (C=O) groups excluding carboxylic acids is 1. The quantitative estimate of drug-likeness (QED) is 0.693. The van der Waals surface area contributed by atoms with Crippen molar-refractivity contribution in [3.63, 3.8) is 0 Å². The van der Waals surface area contributed by atoms with E-state index in [1.54, 1.807) is 16.9 Å². The molecule has 0 radical (unpaired) electrons. The van der Waals surface area contributed by atoms with Crippen molar-refractivity contribution in [2.75, 3.05) is 11.4 Å². The first-order valence-electron chi connectivity index (χ1n) is 10.3. The summed E-state index contributed by atoms with van der Waals surface area (Å²) in [5, 5.41) is 7.10. The van der Waals surface area contributed by atoms with E-state index in [2.05, 4.69) is 20.3 Å². The van der Waals surface area contributed by atoms with Crippen LogP contribution in [0.3, 0.4) is 0 Å². The van der Waals surface area contributed by atoms with Gasteiger partial charge in [0, 0.05) is 25.0 Å². The zero-order valence-electron chi connectivity index (χ0n) is 16.7. The van der Waals surface area contributed by atoms with E-state index in [4.69, 9.17) is 9.72 Å². The Morgan fingerprint density at radius 1 is 1.30 bits per heavy atom. The second kappa shape index (κ2) is 7.55. The number of anilines is 1.